The smallest absolute Gasteiger partial charge is 0.331 e. The summed E-state index contributed by atoms with van der Waals surface area (Å²) in [6.45, 7) is 7.78. The monoisotopic (exact) mass is 233 g/mol. The molecule has 3 heteroatoms. The van der Waals surface area contributed by atoms with Gasteiger partial charge >= 0.3 is 5.97 Å². The van der Waals surface area contributed by atoms with Crippen LogP contribution in [0, 0.1) is 0 Å². The lowest BCUT2D eigenvalue weighted by atomic mass is 10.1. The summed E-state index contributed by atoms with van der Waals surface area (Å²) < 4.78 is 0. The standard InChI is InChI=1S/C14H19NO2/c1-4-15(5-2)13-8-6-12(7-9-13)10-11(3)14(16)17/h6-10H,4-5H2,1-3H3,(H,16,17)/b11-10+. The predicted octanol–water partition coefficient (Wildman–Crippen LogP) is 3.02. The van der Waals surface area contributed by atoms with Crippen LogP contribution in [0.3, 0.4) is 0 Å². The lowest BCUT2D eigenvalue weighted by Crippen LogP contribution is -2.21. The summed E-state index contributed by atoms with van der Waals surface area (Å²) >= 11 is 0. The van der Waals surface area contributed by atoms with Gasteiger partial charge in [0.2, 0.25) is 0 Å². The van der Waals surface area contributed by atoms with Crippen LogP contribution in [0.2, 0.25) is 0 Å². The van der Waals surface area contributed by atoms with E-state index in [2.05, 4.69) is 18.7 Å². The Morgan fingerprint density at radius 1 is 1.24 bits per heavy atom. The Morgan fingerprint density at radius 2 is 1.76 bits per heavy atom. The van der Waals surface area contributed by atoms with E-state index in [1.165, 1.54) is 5.69 Å². The molecule has 1 aromatic carbocycles. The molecule has 0 aliphatic carbocycles. The van der Waals surface area contributed by atoms with E-state index < -0.39 is 5.97 Å². The van der Waals surface area contributed by atoms with Crippen molar-refractivity contribution in [2.75, 3.05) is 18.0 Å². The fourth-order valence-corrected chi connectivity index (χ4v) is 1.68. The molecule has 0 bridgehead atoms. The van der Waals surface area contributed by atoms with Crippen LogP contribution < -0.4 is 4.90 Å². The van der Waals surface area contributed by atoms with E-state index in [0.29, 0.717) is 5.57 Å². The van der Waals surface area contributed by atoms with Crippen LogP contribution in [0.4, 0.5) is 5.69 Å². The first-order valence-corrected chi connectivity index (χ1v) is 5.85. The fraction of sp³-hybridized carbons (Fsp3) is 0.357. The highest BCUT2D eigenvalue weighted by atomic mass is 16.4. The maximum atomic E-state index is 10.7. The largest absolute Gasteiger partial charge is 0.478 e. The van der Waals surface area contributed by atoms with Crippen molar-refractivity contribution >= 4 is 17.7 Å². The Morgan fingerprint density at radius 3 is 2.18 bits per heavy atom. The van der Waals surface area contributed by atoms with Gasteiger partial charge in [-0.25, -0.2) is 4.79 Å². The minimum atomic E-state index is -0.877. The number of carboxylic acids is 1. The van der Waals surface area contributed by atoms with Crippen LogP contribution >= 0.6 is 0 Å². The van der Waals surface area contributed by atoms with E-state index in [1.54, 1.807) is 13.0 Å². The molecule has 0 spiro atoms. The minimum absolute atomic E-state index is 0.348. The molecule has 0 saturated carbocycles. The normalized spacial score (nSPS) is 11.4. The third kappa shape index (κ3) is 3.63. The Hall–Kier alpha value is -1.77. The molecule has 0 atom stereocenters. The average Bonchev–Trinajstić information content (AvgIpc) is 2.32. The van der Waals surface area contributed by atoms with Gasteiger partial charge in [-0.05, 0) is 44.5 Å². The number of anilines is 1. The van der Waals surface area contributed by atoms with Crippen molar-refractivity contribution in [3.63, 3.8) is 0 Å². The van der Waals surface area contributed by atoms with Crippen LogP contribution in [-0.2, 0) is 4.79 Å². The summed E-state index contributed by atoms with van der Waals surface area (Å²) in [5.74, 6) is -0.877. The molecule has 1 N–H and O–H groups in total. The summed E-state index contributed by atoms with van der Waals surface area (Å²) in [5, 5.41) is 8.79. The Bertz CT molecular complexity index is 403. The first-order valence-electron chi connectivity index (χ1n) is 5.85. The van der Waals surface area contributed by atoms with Crippen LogP contribution in [0.15, 0.2) is 29.8 Å². The van der Waals surface area contributed by atoms with Crippen molar-refractivity contribution in [3.05, 3.63) is 35.4 Å². The van der Waals surface area contributed by atoms with Crippen molar-refractivity contribution in [1.82, 2.24) is 0 Å². The molecule has 1 rings (SSSR count). The Balaban J connectivity index is 2.88. The van der Waals surface area contributed by atoms with Gasteiger partial charge in [0.05, 0.1) is 0 Å². The van der Waals surface area contributed by atoms with Gasteiger partial charge in [0.1, 0.15) is 0 Å². The second-order valence-corrected chi connectivity index (χ2v) is 3.90. The molecule has 3 nitrogen and oxygen atoms in total. The predicted molar refractivity (Wildman–Crippen MR) is 71.3 cm³/mol. The van der Waals surface area contributed by atoms with E-state index in [4.69, 9.17) is 5.11 Å². The van der Waals surface area contributed by atoms with E-state index in [1.807, 2.05) is 24.3 Å². The van der Waals surface area contributed by atoms with Crippen molar-refractivity contribution < 1.29 is 9.90 Å². The molecule has 0 aliphatic rings. The summed E-state index contributed by atoms with van der Waals surface area (Å²) in [6, 6.07) is 7.93. The Labute approximate surface area is 102 Å². The number of benzene rings is 1. The highest BCUT2D eigenvalue weighted by molar-refractivity contribution is 5.91. The number of aliphatic carboxylic acids is 1. The highest BCUT2D eigenvalue weighted by Crippen LogP contribution is 2.16. The van der Waals surface area contributed by atoms with E-state index in [9.17, 15) is 4.79 Å². The van der Waals surface area contributed by atoms with Gasteiger partial charge in [0, 0.05) is 24.4 Å². The van der Waals surface area contributed by atoms with Crippen LogP contribution in [-0.4, -0.2) is 24.2 Å². The molecule has 0 aliphatic heterocycles. The quantitative estimate of drug-likeness (QED) is 0.795. The van der Waals surface area contributed by atoms with Crippen LogP contribution in [0.5, 0.6) is 0 Å². The lowest BCUT2D eigenvalue weighted by Gasteiger charge is -2.20. The summed E-state index contributed by atoms with van der Waals surface area (Å²) in [6.07, 6.45) is 1.67. The molecule has 1 aromatic rings. The number of hydrogen-bond acceptors (Lipinski definition) is 2. The van der Waals surface area contributed by atoms with Crippen molar-refractivity contribution in [2.45, 2.75) is 20.8 Å². The molecule has 92 valence electrons. The summed E-state index contributed by atoms with van der Waals surface area (Å²) in [5.41, 5.74) is 2.43. The zero-order valence-electron chi connectivity index (χ0n) is 10.6. The van der Waals surface area contributed by atoms with Gasteiger partial charge in [-0.3, -0.25) is 0 Å². The van der Waals surface area contributed by atoms with E-state index >= 15 is 0 Å². The summed E-state index contributed by atoms with van der Waals surface area (Å²) in [4.78, 5) is 12.9. The second kappa shape index (κ2) is 6.09. The third-order valence-corrected chi connectivity index (χ3v) is 2.74. The zero-order chi connectivity index (χ0) is 12.8. The highest BCUT2D eigenvalue weighted by Gasteiger charge is 2.02. The maximum Gasteiger partial charge on any atom is 0.331 e. The van der Waals surface area contributed by atoms with Crippen LogP contribution in [0.1, 0.15) is 26.3 Å². The van der Waals surface area contributed by atoms with Crippen LogP contribution in [0.25, 0.3) is 6.08 Å². The second-order valence-electron chi connectivity index (χ2n) is 3.90. The van der Waals surface area contributed by atoms with Gasteiger partial charge < -0.3 is 10.0 Å². The van der Waals surface area contributed by atoms with Crippen molar-refractivity contribution in [2.24, 2.45) is 0 Å². The topological polar surface area (TPSA) is 40.5 Å². The molecule has 17 heavy (non-hydrogen) atoms. The van der Waals surface area contributed by atoms with Gasteiger partial charge in [-0.2, -0.15) is 0 Å². The molecule has 0 aromatic heterocycles. The minimum Gasteiger partial charge on any atom is -0.478 e. The number of carboxylic acid groups (broad SMARTS) is 1. The van der Waals surface area contributed by atoms with Gasteiger partial charge in [0.15, 0.2) is 0 Å². The van der Waals surface area contributed by atoms with Crippen molar-refractivity contribution in [1.29, 1.82) is 0 Å². The van der Waals surface area contributed by atoms with Gasteiger partial charge in [-0.1, -0.05) is 12.1 Å². The molecule has 0 heterocycles. The molecule has 0 amide bonds. The van der Waals surface area contributed by atoms with Gasteiger partial charge in [-0.15, -0.1) is 0 Å². The number of nitrogens with zero attached hydrogens (tertiary/aromatic N) is 1. The number of hydrogen-bond donors (Lipinski definition) is 1. The van der Waals surface area contributed by atoms with Crippen molar-refractivity contribution in [3.8, 4) is 0 Å². The Kier molecular flexibility index (Phi) is 4.76. The fourth-order valence-electron chi connectivity index (χ4n) is 1.68. The van der Waals surface area contributed by atoms with E-state index in [-0.39, 0.29) is 0 Å². The molecular formula is C14H19NO2. The molecular weight excluding hydrogens is 214 g/mol. The van der Waals surface area contributed by atoms with Gasteiger partial charge in [0.25, 0.3) is 0 Å². The number of carbonyl (C=O) groups is 1. The first-order chi connectivity index (χ1) is 8.08. The first kappa shape index (κ1) is 13.3. The SMILES string of the molecule is CCN(CC)c1ccc(/C=C(\C)C(=O)O)cc1. The third-order valence-electron chi connectivity index (χ3n) is 2.74. The number of rotatable bonds is 5. The average molecular weight is 233 g/mol. The summed E-state index contributed by atoms with van der Waals surface area (Å²) in [7, 11) is 0. The van der Waals surface area contributed by atoms with E-state index in [0.717, 1.165) is 18.7 Å². The molecule has 0 radical (unpaired) electrons. The molecule has 0 saturated heterocycles. The molecule has 0 fully saturated rings. The molecule has 0 unspecified atom stereocenters. The maximum absolute atomic E-state index is 10.7. The zero-order valence-corrected chi connectivity index (χ0v) is 10.6. The lowest BCUT2D eigenvalue weighted by molar-refractivity contribution is -0.132.